The third kappa shape index (κ3) is 5.17. The van der Waals surface area contributed by atoms with Crippen molar-refractivity contribution in [3.05, 3.63) is 101 Å². The largest absolute Gasteiger partial charge is 0.497 e. The monoisotopic (exact) mass is 585 g/mol. The molecule has 41 heavy (non-hydrogen) atoms. The van der Waals surface area contributed by atoms with Crippen LogP contribution in [-0.2, 0) is 0 Å². The van der Waals surface area contributed by atoms with E-state index in [2.05, 4.69) is 82.9 Å². The Bertz CT molecular complexity index is 1560. The van der Waals surface area contributed by atoms with Gasteiger partial charge in [-0.2, -0.15) is 0 Å². The summed E-state index contributed by atoms with van der Waals surface area (Å²) in [5.41, 5.74) is 7.52. The highest BCUT2D eigenvalue weighted by Gasteiger charge is 2.42. The number of rotatable bonds is 6. The van der Waals surface area contributed by atoms with Gasteiger partial charge in [0.2, 0.25) is 0 Å². The maximum Gasteiger partial charge on any atom is 0.174 e. The highest BCUT2D eigenvalue weighted by atomic mass is 35.5. The molecule has 2 atom stereocenters. The molecule has 0 spiro atoms. The van der Waals surface area contributed by atoms with Gasteiger partial charge in [0.05, 0.1) is 35.6 Å². The molecule has 0 saturated carbocycles. The standard InChI is InChI=1S/C33H36ClN5OS/c1-21-13-16-37(17-14-21)30-12-11-25(20-28(30)34)39-32(31(36-33(39)41)29-10-5-6-15-35-29)27-18-22(2)38(23(27)3)24-8-7-9-26(19-24)40-4/h5-12,15,18-21,31-32H,13-14,16-17H2,1-4H3,(H,36,41)/t31-,32+/m1/s1. The lowest BCUT2D eigenvalue weighted by Gasteiger charge is -2.33. The molecule has 2 aliphatic rings. The van der Waals surface area contributed by atoms with Crippen LogP contribution in [0.15, 0.2) is 72.9 Å². The molecule has 4 heterocycles. The molecule has 8 heteroatoms. The highest BCUT2D eigenvalue weighted by Crippen LogP contribution is 2.45. The van der Waals surface area contributed by atoms with Crippen LogP contribution >= 0.6 is 23.8 Å². The molecule has 2 aromatic heterocycles. The summed E-state index contributed by atoms with van der Waals surface area (Å²) in [5.74, 6) is 1.59. The second kappa shape index (κ2) is 11.4. The lowest BCUT2D eigenvalue weighted by molar-refractivity contribution is 0.414. The van der Waals surface area contributed by atoms with Crippen molar-refractivity contribution in [2.75, 3.05) is 30.0 Å². The lowest BCUT2D eigenvalue weighted by atomic mass is 9.96. The van der Waals surface area contributed by atoms with E-state index in [0.29, 0.717) is 5.11 Å². The first-order valence-corrected chi connectivity index (χ1v) is 15.0. The summed E-state index contributed by atoms with van der Waals surface area (Å²) in [7, 11) is 1.70. The quantitative estimate of drug-likeness (QED) is 0.236. The fraction of sp³-hybridized carbons (Fsp3) is 0.333. The fourth-order valence-corrected chi connectivity index (χ4v) is 6.97. The van der Waals surface area contributed by atoms with E-state index < -0.39 is 0 Å². The molecule has 2 saturated heterocycles. The molecule has 6 rings (SSSR count). The number of methoxy groups -OCH3 is 1. The number of anilines is 2. The van der Waals surface area contributed by atoms with Gasteiger partial charge in [-0.1, -0.05) is 30.7 Å². The molecule has 0 unspecified atom stereocenters. The van der Waals surface area contributed by atoms with Gasteiger partial charge in [0.25, 0.3) is 0 Å². The van der Waals surface area contributed by atoms with E-state index in [1.165, 1.54) is 18.4 Å². The maximum absolute atomic E-state index is 6.98. The van der Waals surface area contributed by atoms with Crippen LogP contribution < -0.4 is 19.9 Å². The Morgan fingerprint density at radius 1 is 0.976 bits per heavy atom. The normalized spacial score (nSPS) is 19.5. The summed E-state index contributed by atoms with van der Waals surface area (Å²) in [6.45, 7) is 8.70. The molecule has 212 valence electrons. The number of hydrogen-bond donors (Lipinski definition) is 1. The minimum absolute atomic E-state index is 0.124. The van der Waals surface area contributed by atoms with Crippen molar-refractivity contribution in [3.63, 3.8) is 0 Å². The van der Waals surface area contributed by atoms with E-state index >= 15 is 0 Å². The number of aromatic nitrogens is 2. The zero-order valence-electron chi connectivity index (χ0n) is 24.0. The second-order valence-electron chi connectivity index (χ2n) is 11.2. The number of nitrogens with one attached hydrogen (secondary N) is 1. The predicted molar refractivity (Wildman–Crippen MR) is 172 cm³/mol. The van der Waals surface area contributed by atoms with Gasteiger partial charge in [0.15, 0.2) is 5.11 Å². The van der Waals surface area contributed by atoms with E-state index in [9.17, 15) is 0 Å². The van der Waals surface area contributed by atoms with Crippen LogP contribution in [0.4, 0.5) is 11.4 Å². The Hall–Kier alpha value is -3.55. The Balaban J connectivity index is 1.44. The highest BCUT2D eigenvalue weighted by molar-refractivity contribution is 7.80. The molecular formula is C33H36ClN5OS. The summed E-state index contributed by atoms with van der Waals surface area (Å²) in [5, 5.41) is 5.01. The SMILES string of the molecule is COc1cccc(-n2c(C)cc([C@H]3[C@@H](c4ccccn4)NC(=S)N3c3ccc(N4CCC(C)CC4)c(Cl)c3)c2C)c1. The molecule has 4 aromatic rings. The first-order valence-electron chi connectivity index (χ1n) is 14.2. The zero-order valence-corrected chi connectivity index (χ0v) is 25.5. The average molecular weight is 586 g/mol. The third-order valence-electron chi connectivity index (χ3n) is 8.53. The van der Waals surface area contributed by atoms with Crippen molar-refractivity contribution in [3.8, 4) is 11.4 Å². The lowest BCUT2D eigenvalue weighted by Crippen LogP contribution is -2.33. The number of piperidine rings is 1. The van der Waals surface area contributed by atoms with Crippen molar-refractivity contribution >= 4 is 40.3 Å². The van der Waals surface area contributed by atoms with E-state index in [4.69, 9.17) is 33.5 Å². The van der Waals surface area contributed by atoms with Gasteiger partial charge in [-0.05, 0) is 98.9 Å². The summed E-state index contributed by atoms with van der Waals surface area (Å²) >= 11 is 13.0. The molecule has 6 nitrogen and oxygen atoms in total. The maximum atomic E-state index is 6.98. The Morgan fingerprint density at radius 2 is 1.78 bits per heavy atom. The van der Waals surface area contributed by atoms with Crippen molar-refractivity contribution < 1.29 is 4.74 Å². The van der Waals surface area contributed by atoms with Gasteiger partial charge in [0.1, 0.15) is 5.75 Å². The van der Waals surface area contributed by atoms with E-state index in [1.807, 2.05) is 30.5 Å². The van der Waals surface area contributed by atoms with Crippen LogP contribution in [0.25, 0.3) is 5.69 Å². The summed E-state index contributed by atoms with van der Waals surface area (Å²) in [6, 6.07) is 22.6. The molecule has 0 aliphatic carbocycles. The smallest absolute Gasteiger partial charge is 0.174 e. The molecule has 2 fully saturated rings. The average Bonchev–Trinajstić information content (AvgIpc) is 3.48. The van der Waals surface area contributed by atoms with Gasteiger partial charge in [-0.3, -0.25) is 4.98 Å². The molecule has 2 aromatic carbocycles. The Kier molecular flexibility index (Phi) is 7.66. The van der Waals surface area contributed by atoms with Gasteiger partial charge in [-0.15, -0.1) is 0 Å². The van der Waals surface area contributed by atoms with Crippen LogP contribution in [0.2, 0.25) is 5.02 Å². The number of thiocarbonyl (C=S) groups is 1. The fourth-order valence-electron chi connectivity index (χ4n) is 6.33. The minimum atomic E-state index is -0.134. The number of halogens is 1. The number of ether oxygens (including phenoxy) is 1. The summed E-state index contributed by atoms with van der Waals surface area (Å²) in [4.78, 5) is 9.35. The topological polar surface area (TPSA) is 45.6 Å². The number of pyridine rings is 1. The van der Waals surface area contributed by atoms with Crippen LogP contribution in [0.1, 0.15) is 54.5 Å². The Labute approximate surface area is 252 Å². The van der Waals surface area contributed by atoms with Gasteiger partial charge >= 0.3 is 0 Å². The van der Waals surface area contributed by atoms with Gasteiger partial charge in [-0.25, -0.2) is 0 Å². The first-order chi connectivity index (χ1) is 19.9. The van der Waals surface area contributed by atoms with Crippen LogP contribution in [0, 0.1) is 19.8 Å². The van der Waals surface area contributed by atoms with Gasteiger partial charge < -0.3 is 24.4 Å². The van der Waals surface area contributed by atoms with Crippen molar-refractivity contribution in [2.24, 2.45) is 5.92 Å². The molecule has 2 aliphatic heterocycles. The molecule has 1 N–H and O–H groups in total. The number of hydrogen-bond acceptors (Lipinski definition) is 4. The second-order valence-corrected chi connectivity index (χ2v) is 12.0. The van der Waals surface area contributed by atoms with Crippen LogP contribution in [0.5, 0.6) is 5.75 Å². The van der Waals surface area contributed by atoms with E-state index in [1.54, 1.807) is 7.11 Å². The number of benzene rings is 2. The molecule has 0 radical (unpaired) electrons. The minimum Gasteiger partial charge on any atom is -0.497 e. The van der Waals surface area contributed by atoms with Crippen molar-refractivity contribution in [2.45, 2.75) is 45.7 Å². The van der Waals surface area contributed by atoms with Crippen molar-refractivity contribution in [1.29, 1.82) is 0 Å². The van der Waals surface area contributed by atoms with Crippen LogP contribution in [0.3, 0.4) is 0 Å². The molecule has 0 amide bonds. The van der Waals surface area contributed by atoms with E-state index in [-0.39, 0.29) is 12.1 Å². The number of nitrogens with zero attached hydrogens (tertiary/aromatic N) is 4. The van der Waals surface area contributed by atoms with Crippen LogP contribution in [-0.4, -0.2) is 34.9 Å². The molecule has 0 bridgehead atoms. The predicted octanol–water partition coefficient (Wildman–Crippen LogP) is 7.56. The number of aryl methyl sites for hydroxylation is 1. The Morgan fingerprint density at radius 3 is 2.49 bits per heavy atom. The van der Waals surface area contributed by atoms with E-state index in [0.717, 1.165) is 63.9 Å². The summed E-state index contributed by atoms with van der Waals surface area (Å²) in [6.07, 6.45) is 4.22. The molecular weight excluding hydrogens is 550 g/mol. The van der Waals surface area contributed by atoms with Crippen molar-refractivity contribution in [1.82, 2.24) is 14.9 Å². The van der Waals surface area contributed by atoms with Gasteiger partial charge in [0, 0.05) is 48.1 Å². The zero-order chi connectivity index (χ0) is 28.7. The third-order valence-corrected chi connectivity index (χ3v) is 9.15. The summed E-state index contributed by atoms with van der Waals surface area (Å²) < 4.78 is 7.80. The first kappa shape index (κ1) is 27.6.